The standard InChI is InChI=1S/C15H21NO4/c1-4-16(15(17)18-5-2)11(3)8-12-6-7-13-14(9-12)20-10-19-13/h6-7,9,11H,4-5,8,10H2,1-3H3. The minimum atomic E-state index is -0.261. The van der Waals surface area contributed by atoms with Crippen molar-refractivity contribution in [3.05, 3.63) is 23.8 Å². The molecule has 0 radical (unpaired) electrons. The van der Waals surface area contributed by atoms with Gasteiger partial charge in [0.05, 0.1) is 6.61 Å². The summed E-state index contributed by atoms with van der Waals surface area (Å²) in [5.74, 6) is 1.55. The lowest BCUT2D eigenvalue weighted by Crippen LogP contribution is -2.40. The van der Waals surface area contributed by atoms with E-state index in [-0.39, 0.29) is 18.9 Å². The van der Waals surface area contributed by atoms with Gasteiger partial charge in [0.2, 0.25) is 6.79 Å². The van der Waals surface area contributed by atoms with Gasteiger partial charge in [0.15, 0.2) is 11.5 Å². The summed E-state index contributed by atoms with van der Waals surface area (Å²) in [5, 5.41) is 0. The topological polar surface area (TPSA) is 48.0 Å². The third kappa shape index (κ3) is 3.15. The molecular formula is C15H21NO4. The molecule has 0 saturated carbocycles. The first-order chi connectivity index (χ1) is 9.65. The molecule has 0 aromatic heterocycles. The molecule has 0 N–H and O–H groups in total. The molecule has 0 bridgehead atoms. The lowest BCUT2D eigenvalue weighted by atomic mass is 10.1. The average molecular weight is 279 g/mol. The van der Waals surface area contributed by atoms with Crippen LogP contribution in [-0.4, -0.2) is 37.0 Å². The Morgan fingerprint density at radius 1 is 1.35 bits per heavy atom. The zero-order valence-electron chi connectivity index (χ0n) is 12.2. The minimum absolute atomic E-state index is 0.0689. The quantitative estimate of drug-likeness (QED) is 0.831. The summed E-state index contributed by atoms with van der Waals surface area (Å²) in [4.78, 5) is 13.6. The Morgan fingerprint density at radius 3 is 2.80 bits per heavy atom. The maximum absolute atomic E-state index is 11.9. The highest BCUT2D eigenvalue weighted by Gasteiger charge is 2.21. The Hall–Kier alpha value is -1.91. The largest absolute Gasteiger partial charge is 0.454 e. The zero-order valence-corrected chi connectivity index (χ0v) is 12.2. The van der Waals surface area contributed by atoms with Gasteiger partial charge in [0, 0.05) is 12.6 Å². The third-order valence-corrected chi connectivity index (χ3v) is 3.34. The van der Waals surface area contributed by atoms with Crippen LogP contribution in [-0.2, 0) is 11.2 Å². The first kappa shape index (κ1) is 14.5. The maximum atomic E-state index is 11.9. The van der Waals surface area contributed by atoms with Crippen molar-refractivity contribution in [2.75, 3.05) is 19.9 Å². The van der Waals surface area contributed by atoms with Gasteiger partial charge in [-0.3, -0.25) is 0 Å². The van der Waals surface area contributed by atoms with Crippen molar-refractivity contribution < 1.29 is 19.0 Å². The van der Waals surface area contributed by atoms with Crippen molar-refractivity contribution >= 4 is 6.09 Å². The molecule has 110 valence electrons. The number of rotatable bonds is 5. The molecule has 1 amide bonds. The van der Waals surface area contributed by atoms with Crippen LogP contribution in [0.5, 0.6) is 11.5 Å². The molecular weight excluding hydrogens is 258 g/mol. The molecule has 2 rings (SSSR count). The number of amides is 1. The number of carbonyl (C=O) groups is 1. The van der Waals surface area contributed by atoms with E-state index in [9.17, 15) is 4.79 Å². The second kappa shape index (κ2) is 6.50. The van der Waals surface area contributed by atoms with Gasteiger partial charge >= 0.3 is 6.09 Å². The number of likely N-dealkylation sites (N-methyl/N-ethyl adjacent to an activating group) is 1. The highest BCUT2D eigenvalue weighted by atomic mass is 16.7. The number of hydrogen-bond acceptors (Lipinski definition) is 4. The van der Waals surface area contributed by atoms with Crippen molar-refractivity contribution in [2.24, 2.45) is 0 Å². The Labute approximate surface area is 119 Å². The van der Waals surface area contributed by atoms with Crippen LogP contribution in [0.15, 0.2) is 18.2 Å². The highest BCUT2D eigenvalue weighted by Crippen LogP contribution is 2.32. The zero-order chi connectivity index (χ0) is 14.5. The first-order valence-electron chi connectivity index (χ1n) is 6.97. The molecule has 0 spiro atoms. The van der Waals surface area contributed by atoms with Crippen LogP contribution in [0.25, 0.3) is 0 Å². The third-order valence-electron chi connectivity index (χ3n) is 3.34. The molecule has 1 aromatic rings. The molecule has 0 saturated heterocycles. The summed E-state index contributed by atoms with van der Waals surface area (Å²) in [6.45, 7) is 7.08. The van der Waals surface area contributed by atoms with Crippen LogP contribution in [0, 0.1) is 0 Å². The molecule has 1 aliphatic rings. The number of benzene rings is 1. The Balaban J connectivity index is 2.02. The predicted octanol–water partition coefficient (Wildman–Crippen LogP) is 2.82. The summed E-state index contributed by atoms with van der Waals surface area (Å²) in [7, 11) is 0. The van der Waals surface area contributed by atoms with E-state index >= 15 is 0 Å². The van der Waals surface area contributed by atoms with Crippen LogP contribution in [0.1, 0.15) is 26.3 Å². The molecule has 0 aliphatic carbocycles. The number of carbonyl (C=O) groups excluding carboxylic acids is 1. The van der Waals surface area contributed by atoms with Crippen LogP contribution < -0.4 is 9.47 Å². The average Bonchev–Trinajstić information content (AvgIpc) is 2.87. The first-order valence-corrected chi connectivity index (χ1v) is 6.97. The van der Waals surface area contributed by atoms with Crippen LogP contribution >= 0.6 is 0 Å². The van der Waals surface area contributed by atoms with Crippen molar-refractivity contribution in [1.29, 1.82) is 0 Å². The van der Waals surface area contributed by atoms with Gasteiger partial charge in [-0.2, -0.15) is 0 Å². The van der Waals surface area contributed by atoms with E-state index in [1.807, 2.05) is 39.0 Å². The molecule has 0 fully saturated rings. The van der Waals surface area contributed by atoms with E-state index in [1.165, 1.54) is 0 Å². The van der Waals surface area contributed by atoms with Crippen molar-refractivity contribution in [3.8, 4) is 11.5 Å². The van der Waals surface area contributed by atoms with Gasteiger partial charge in [-0.15, -0.1) is 0 Å². The van der Waals surface area contributed by atoms with E-state index < -0.39 is 0 Å². The number of nitrogens with zero attached hydrogens (tertiary/aromatic N) is 1. The number of fused-ring (bicyclic) bond motifs is 1. The lowest BCUT2D eigenvalue weighted by molar-refractivity contribution is 0.0955. The summed E-state index contributed by atoms with van der Waals surface area (Å²) < 4.78 is 15.7. The minimum Gasteiger partial charge on any atom is -0.454 e. The van der Waals surface area contributed by atoms with E-state index in [4.69, 9.17) is 14.2 Å². The van der Waals surface area contributed by atoms with Gasteiger partial charge in [0.25, 0.3) is 0 Å². The van der Waals surface area contributed by atoms with Gasteiger partial charge in [-0.05, 0) is 44.9 Å². The fourth-order valence-corrected chi connectivity index (χ4v) is 2.35. The second-order valence-electron chi connectivity index (χ2n) is 4.73. The maximum Gasteiger partial charge on any atom is 0.409 e. The highest BCUT2D eigenvalue weighted by molar-refractivity contribution is 5.68. The molecule has 1 atom stereocenters. The summed E-state index contributed by atoms with van der Waals surface area (Å²) in [6, 6.07) is 5.95. The fourth-order valence-electron chi connectivity index (χ4n) is 2.35. The van der Waals surface area contributed by atoms with E-state index in [2.05, 4.69) is 0 Å². The Morgan fingerprint density at radius 2 is 2.10 bits per heavy atom. The van der Waals surface area contributed by atoms with Crippen molar-refractivity contribution in [3.63, 3.8) is 0 Å². The second-order valence-corrected chi connectivity index (χ2v) is 4.73. The van der Waals surface area contributed by atoms with Gasteiger partial charge < -0.3 is 19.1 Å². The number of hydrogen-bond donors (Lipinski definition) is 0. The van der Waals surface area contributed by atoms with E-state index in [1.54, 1.807) is 4.90 Å². The monoisotopic (exact) mass is 279 g/mol. The smallest absolute Gasteiger partial charge is 0.409 e. The predicted molar refractivity (Wildman–Crippen MR) is 75.1 cm³/mol. The molecule has 5 nitrogen and oxygen atoms in total. The molecule has 5 heteroatoms. The van der Waals surface area contributed by atoms with Crippen molar-refractivity contribution in [1.82, 2.24) is 4.90 Å². The SMILES string of the molecule is CCOC(=O)N(CC)C(C)Cc1ccc2c(c1)OCO2. The summed E-state index contributed by atoms with van der Waals surface area (Å²) in [5.41, 5.74) is 1.12. The number of ether oxygens (including phenoxy) is 3. The van der Waals surface area contributed by atoms with Gasteiger partial charge in [0.1, 0.15) is 0 Å². The van der Waals surface area contributed by atoms with E-state index in [0.717, 1.165) is 23.5 Å². The van der Waals surface area contributed by atoms with E-state index in [0.29, 0.717) is 13.2 Å². The Bertz CT molecular complexity index is 475. The fraction of sp³-hybridized carbons (Fsp3) is 0.533. The van der Waals surface area contributed by atoms with Crippen LogP contribution in [0.3, 0.4) is 0 Å². The molecule has 20 heavy (non-hydrogen) atoms. The lowest BCUT2D eigenvalue weighted by Gasteiger charge is -2.27. The van der Waals surface area contributed by atoms with Crippen LogP contribution in [0.2, 0.25) is 0 Å². The molecule has 1 unspecified atom stereocenters. The molecule has 1 aliphatic heterocycles. The normalized spacial score (nSPS) is 13.9. The van der Waals surface area contributed by atoms with Crippen LogP contribution in [0.4, 0.5) is 4.79 Å². The Kier molecular flexibility index (Phi) is 4.71. The summed E-state index contributed by atoms with van der Waals surface area (Å²) in [6.07, 6.45) is 0.492. The van der Waals surface area contributed by atoms with Gasteiger partial charge in [-0.1, -0.05) is 6.07 Å². The summed E-state index contributed by atoms with van der Waals surface area (Å²) >= 11 is 0. The van der Waals surface area contributed by atoms with Gasteiger partial charge in [-0.25, -0.2) is 4.79 Å². The molecule has 1 aromatic carbocycles. The molecule has 1 heterocycles. The van der Waals surface area contributed by atoms with Crippen molar-refractivity contribution in [2.45, 2.75) is 33.2 Å².